The number of anilines is 1. The molecule has 262 valence electrons. The molecule has 2 aromatic carbocycles. The van der Waals surface area contributed by atoms with Crippen molar-refractivity contribution in [3.8, 4) is 0 Å². The quantitative estimate of drug-likeness (QED) is 0.116. The summed E-state index contributed by atoms with van der Waals surface area (Å²) in [6.45, 7) is 6.01. The van der Waals surface area contributed by atoms with Gasteiger partial charge < -0.3 is 32.3 Å². The van der Waals surface area contributed by atoms with E-state index in [0.29, 0.717) is 11.3 Å². The van der Waals surface area contributed by atoms with Crippen LogP contribution in [0.1, 0.15) is 66.0 Å². The van der Waals surface area contributed by atoms with Crippen LogP contribution in [0.2, 0.25) is 0 Å². The fourth-order valence-electron chi connectivity index (χ4n) is 4.45. The number of hydrogen-bond donors (Lipinski definition) is 6. The van der Waals surface area contributed by atoms with Gasteiger partial charge in [0, 0.05) is 5.39 Å². The van der Waals surface area contributed by atoms with Crippen molar-refractivity contribution < 1.29 is 50.9 Å². The lowest BCUT2D eigenvalue weighted by Crippen LogP contribution is -2.38. The van der Waals surface area contributed by atoms with Crippen LogP contribution in [0, 0.1) is 13.8 Å². The third-order valence-electron chi connectivity index (χ3n) is 6.83. The number of carbonyl (C=O) groups excluding carboxylic acids is 1. The van der Waals surface area contributed by atoms with E-state index in [1.165, 1.54) is 5.56 Å². The zero-order valence-electron chi connectivity index (χ0n) is 26.0. The normalized spacial score (nSPS) is 16.6. The molecule has 1 aliphatic carbocycles. The number of nitrogens with zero attached hydrogens (tertiary/aromatic N) is 3. The molecule has 3 aromatic rings. The van der Waals surface area contributed by atoms with Crippen LogP contribution in [0.4, 0.5) is 32.2 Å². The molecule has 0 bridgehead atoms. The average molecular weight is 688 g/mol. The molecule has 0 aliphatic heterocycles. The average Bonchev–Trinajstić information content (AvgIpc) is 2.98. The fraction of sp³-hybridized carbons (Fsp3) is 0.400. The Morgan fingerprint density at radius 2 is 1.40 bits per heavy atom. The van der Waals surface area contributed by atoms with E-state index in [2.05, 4.69) is 25.6 Å². The van der Waals surface area contributed by atoms with Gasteiger partial charge in [0.25, 0.3) is 5.91 Å². The van der Waals surface area contributed by atoms with Crippen LogP contribution in [0.5, 0.6) is 0 Å². The minimum atomic E-state index is -5.08. The Morgan fingerprint density at radius 1 is 0.875 bits per heavy atom. The Bertz CT molecular complexity index is 1590. The van der Waals surface area contributed by atoms with Gasteiger partial charge in [-0.3, -0.25) is 4.79 Å². The van der Waals surface area contributed by atoms with Gasteiger partial charge in [-0.25, -0.2) is 24.5 Å². The minimum Gasteiger partial charge on any atom is -0.475 e. The second-order valence-electron chi connectivity index (χ2n) is 10.8. The van der Waals surface area contributed by atoms with Gasteiger partial charge in [0.2, 0.25) is 5.82 Å². The molecule has 4 rings (SSSR count). The second kappa shape index (κ2) is 16.6. The predicted molar refractivity (Wildman–Crippen MR) is 164 cm³/mol. The molecule has 12 nitrogen and oxygen atoms in total. The number of guanidine groups is 1. The van der Waals surface area contributed by atoms with E-state index in [0.717, 1.165) is 42.2 Å². The van der Waals surface area contributed by atoms with E-state index in [1.54, 1.807) is 0 Å². The van der Waals surface area contributed by atoms with E-state index < -0.39 is 24.3 Å². The summed E-state index contributed by atoms with van der Waals surface area (Å²) in [7, 11) is 0. The summed E-state index contributed by atoms with van der Waals surface area (Å²) >= 11 is 0. The summed E-state index contributed by atoms with van der Waals surface area (Å²) in [5, 5.41) is 21.7. The summed E-state index contributed by atoms with van der Waals surface area (Å²) in [6.07, 6.45) is -6.19. The Kier molecular flexibility index (Phi) is 13.5. The topological polar surface area (TPSA) is 206 Å². The number of alkyl halides is 6. The number of aliphatic imine (C=N–C) groups is 1. The Morgan fingerprint density at radius 3 is 1.92 bits per heavy atom. The molecular formula is C30H35F6N7O5. The first-order valence-corrected chi connectivity index (χ1v) is 14.3. The number of benzene rings is 2. The maximum Gasteiger partial charge on any atom is 0.490 e. The zero-order valence-corrected chi connectivity index (χ0v) is 26.0. The number of amides is 1. The first-order valence-electron chi connectivity index (χ1n) is 14.3. The van der Waals surface area contributed by atoms with Crippen molar-refractivity contribution in [3.63, 3.8) is 0 Å². The number of fused-ring (bicyclic) bond motifs is 1. The van der Waals surface area contributed by atoms with Gasteiger partial charge >= 0.3 is 24.3 Å². The number of carboxylic acid groups (broad SMARTS) is 2. The second-order valence-corrected chi connectivity index (χ2v) is 10.8. The molecule has 1 fully saturated rings. The lowest BCUT2D eigenvalue weighted by atomic mass is 9.90. The van der Waals surface area contributed by atoms with Crippen molar-refractivity contribution in [2.45, 2.75) is 76.9 Å². The summed E-state index contributed by atoms with van der Waals surface area (Å²) in [4.78, 5) is 44.6. The predicted octanol–water partition coefficient (Wildman–Crippen LogP) is 5.00. The molecule has 48 heavy (non-hydrogen) atoms. The molecular weight excluding hydrogens is 652 g/mol. The number of nitrogens with two attached hydrogens (primary N) is 2. The molecule has 1 aliphatic rings. The van der Waals surface area contributed by atoms with Gasteiger partial charge in [0.1, 0.15) is 5.82 Å². The molecule has 18 heteroatoms. The van der Waals surface area contributed by atoms with Gasteiger partial charge in [-0.15, -0.1) is 0 Å². The Balaban J connectivity index is 0.000000479. The molecule has 3 atom stereocenters. The van der Waals surface area contributed by atoms with Crippen LogP contribution >= 0.6 is 0 Å². The van der Waals surface area contributed by atoms with E-state index in [1.807, 2.05) is 63.2 Å². The molecule has 1 aromatic heterocycles. The van der Waals surface area contributed by atoms with Crippen LogP contribution in [0.3, 0.4) is 0 Å². The van der Waals surface area contributed by atoms with E-state index in [9.17, 15) is 31.1 Å². The van der Waals surface area contributed by atoms with Crippen LogP contribution in [-0.4, -0.2) is 68.4 Å². The van der Waals surface area contributed by atoms with Crippen molar-refractivity contribution in [2.24, 2.45) is 16.5 Å². The molecule has 0 radical (unpaired) electrons. The fourth-order valence-corrected chi connectivity index (χ4v) is 4.45. The number of carboxylic acids is 2. The Labute approximate surface area is 270 Å². The molecule has 0 spiro atoms. The first-order chi connectivity index (χ1) is 22.2. The van der Waals surface area contributed by atoms with Crippen LogP contribution in [0.25, 0.3) is 10.9 Å². The molecule has 1 heterocycles. The summed E-state index contributed by atoms with van der Waals surface area (Å²) in [5.41, 5.74) is 15.4. The minimum absolute atomic E-state index is 0.0249. The number of aliphatic carboxylic acids is 2. The number of aryl methyl sites for hydroxylation is 2. The zero-order chi connectivity index (χ0) is 36.4. The van der Waals surface area contributed by atoms with Gasteiger partial charge in [-0.2, -0.15) is 26.3 Å². The number of rotatable bonds is 6. The number of hydrogen-bond acceptors (Lipinski definition) is 7. The van der Waals surface area contributed by atoms with Gasteiger partial charge in [-0.1, -0.05) is 54.3 Å². The van der Waals surface area contributed by atoms with Crippen molar-refractivity contribution >= 4 is 40.5 Å². The summed E-state index contributed by atoms with van der Waals surface area (Å²) < 4.78 is 63.5. The highest BCUT2D eigenvalue weighted by Crippen LogP contribution is 2.28. The molecule has 0 saturated heterocycles. The third kappa shape index (κ3) is 12.2. The first kappa shape index (κ1) is 39.0. The number of halogens is 6. The van der Waals surface area contributed by atoms with E-state index in [4.69, 9.17) is 31.3 Å². The highest BCUT2D eigenvalue weighted by Gasteiger charge is 2.39. The highest BCUT2D eigenvalue weighted by molar-refractivity contribution is 5.97. The Hall–Kier alpha value is -5.16. The lowest BCUT2D eigenvalue weighted by Gasteiger charge is -2.30. The number of nitrogens with one attached hydrogen (secondary N) is 2. The monoisotopic (exact) mass is 687 g/mol. The molecule has 1 saturated carbocycles. The third-order valence-corrected chi connectivity index (χ3v) is 6.83. The summed E-state index contributed by atoms with van der Waals surface area (Å²) in [6, 6.07) is 13.9. The smallest absolute Gasteiger partial charge is 0.475 e. The maximum atomic E-state index is 13.1. The maximum absolute atomic E-state index is 13.1. The molecule has 1 amide bonds. The van der Waals surface area contributed by atoms with Gasteiger partial charge in [0.15, 0.2) is 5.96 Å². The largest absolute Gasteiger partial charge is 0.490 e. The summed E-state index contributed by atoms with van der Waals surface area (Å²) in [5.74, 6) is -4.98. The van der Waals surface area contributed by atoms with Crippen LogP contribution in [0.15, 0.2) is 47.5 Å². The SMILES string of the molecule is Cc1ccc([C@H](C)NC(=O)c2nc(NC3CCCCC3N=C(N)N)c3cc(C)ccc3n2)cc1.O=C(O)C(F)(F)F.O=C(O)C(F)(F)F. The highest BCUT2D eigenvalue weighted by atomic mass is 19.4. The van der Waals surface area contributed by atoms with Crippen molar-refractivity contribution in [3.05, 3.63) is 65.0 Å². The van der Waals surface area contributed by atoms with E-state index in [-0.39, 0.29) is 35.8 Å². The standard InChI is InChI=1S/C26H33N7O.2C2HF3O2/c1-15-8-11-18(12-9-15)17(3)29-25(34)24-30-20-13-10-16(2)14-19(20)23(33-24)31-21-6-4-5-7-22(21)32-26(27)28;2*3-2(4,5)1(6)7/h8-14,17,21-22H,4-7H2,1-3H3,(H,29,34)(H4,27,28,32)(H,30,31,33);2*(H,6,7)/t17-,21?,22?;;/m0../s1. The van der Waals surface area contributed by atoms with Crippen molar-refractivity contribution in [2.75, 3.05) is 5.32 Å². The lowest BCUT2D eigenvalue weighted by molar-refractivity contribution is -0.193. The van der Waals surface area contributed by atoms with Crippen LogP contribution < -0.4 is 22.1 Å². The van der Waals surface area contributed by atoms with Gasteiger partial charge in [-0.05, 0) is 51.3 Å². The number of carbonyl (C=O) groups is 3. The van der Waals surface area contributed by atoms with Crippen LogP contribution in [-0.2, 0) is 9.59 Å². The van der Waals surface area contributed by atoms with Crippen molar-refractivity contribution in [1.82, 2.24) is 15.3 Å². The molecule has 8 N–H and O–H groups in total. The molecule has 2 unspecified atom stereocenters. The van der Waals surface area contributed by atoms with E-state index >= 15 is 0 Å². The van der Waals surface area contributed by atoms with Gasteiger partial charge in [0.05, 0.1) is 23.6 Å². The number of aromatic nitrogens is 2. The van der Waals surface area contributed by atoms with Crippen molar-refractivity contribution in [1.29, 1.82) is 0 Å².